The van der Waals surface area contributed by atoms with Crippen molar-refractivity contribution in [1.82, 2.24) is 10.3 Å². The van der Waals surface area contributed by atoms with E-state index in [1.807, 2.05) is 50.2 Å². The second-order valence-corrected chi connectivity index (χ2v) is 12.0. The minimum Gasteiger partial charge on any atom is -0.354 e. The molecule has 2 amide bonds. The lowest BCUT2D eigenvalue weighted by Crippen LogP contribution is -2.60. The third-order valence-electron chi connectivity index (χ3n) is 8.89. The minimum absolute atomic E-state index is 0.0349. The molecule has 4 bridgehead atoms. The standard InChI is InChI=1S/C28H35ClN4O2/c1-27(2,20-3-5-21(29)6-4-20)25(34)32-16-23(30)24-18-11-17-12-19(24)15-28(13-17,14-18)26(35)33-22-7-9-31-10-8-22/h3-10,17-19,23-24H,11-16,30H2,1-2H3,(H,32,34)(H,31,33,35). The number of amides is 2. The van der Waals surface area contributed by atoms with Gasteiger partial charge in [-0.3, -0.25) is 14.6 Å². The largest absolute Gasteiger partial charge is 0.354 e. The molecule has 186 valence electrons. The Balaban J connectivity index is 1.23. The van der Waals surface area contributed by atoms with E-state index in [1.54, 1.807) is 12.4 Å². The first-order chi connectivity index (χ1) is 16.7. The van der Waals surface area contributed by atoms with E-state index < -0.39 is 5.41 Å². The number of nitrogens with zero attached hydrogens (tertiary/aromatic N) is 1. The first-order valence-electron chi connectivity index (χ1n) is 12.7. The molecule has 0 saturated heterocycles. The molecule has 6 nitrogen and oxygen atoms in total. The molecule has 4 saturated carbocycles. The molecule has 0 aliphatic heterocycles. The number of nitrogens with one attached hydrogen (secondary N) is 2. The van der Waals surface area contributed by atoms with Crippen LogP contribution in [-0.4, -0.2) is 29.4 Å². The fourth-order valence-corrected chi connectivity index (χ4v) is 7.43. The van der Waals surface area contributed by atoms with Crippen LogP contribution in [0, 0.1) is 29.1 Å². The van der Waals surface area contributed by atoms with Crippen LogP contribution < -0.4 is 16.4 Å². The molecule has 6 rings (SSSR count). The summed E-state index contributed by atoms with van der Waals surface area (Å²) >= 11 is 6.02. The first kappa shape index (κ1) is 24.3. The summed E-state index contributed by atoms with van der Waals surface area (Å²) in [5.41, 5.74) is 7.51. The van der Waals surface area contributed by atoms with Crippen LogP contribution in [0.25, 0.3) is 0 Å². The van der Waals surface area contributed by atoms with Crippen molar-refractivity contribution in [2.75, 3.05) is 11.9 Å². The van der Waals surface area contributed by atoms with Crippen LogP contribution in [0.2, 0.25) is 5.02 Å². The molecule has 35 heavy (non-hydrogen) atoms. The lowest BCUT2D eigenvalue weighted by atomic mass is 9.45. The van der Waals surface area contributed by atoms with Gasteiger partial charge in [0, 0.05) is 35.7 Å². The van der Waals surface area contributed by atoms with Crippen LogP contribution >= 0.6 is 11.6 Å². The van der Waals surface area contributed by atoms with Crippen LogP contribution in [0.1, 0.15) is 51.5 Å². The minimum atomic E-state index is -0.677. The lowest BCUT2D eigenvalue weighted by Gasteiger charge is -2.60. The molecular formula is C28H35ClN4O2. The lowest BCUT2D eigenvalue weighted by molar-refractivity contribution is -0.149. The summed E-state index contributed by atoms with van der Waals surface area (Å²) in [4.78, 5) is 30.5. The van der Waals surface area contributed by atoms with Gasteiger partial charge in [0.2, 0.25) is 11.8 Å². The van der Waals surface area contributed by atoms with Gasteiger partial charge in [0.05, 0.1) is 10.8 Å². The number of carbonyl (C=O) groups excluding carboxylic acids is 2. The van der Waals surface area contributed by atoms with E-state index in [1.165, 1.54) is 0 Å². The van der Waals surface area contributed by atoms with Crippen molar-refractivity contribution in [1.29, 1.82) is 0 Å². The van der Waals surface area contributed by atoms with E-state index in [0.29, 0.717) is 35.2 Å². The van der Waals surface area contributed by atoms with Gasteiger partial charge in [-0.1, -0.05) is 23.7 Å². The number of hydrogen-bond donors (Lipinski definition) is 3. The quantitative estimate of drug-likeness (QED) is 0.526. The molecule has 7 heteroatoms. The number of rotatable bonds is 7. The highest BCUT2D eigenvalue weighted by Crippen LogP contribution is 2.63. The molecule has 3 unspecified atom stereocenters. The summed E-state index contributed by atoms with van der Waals surface area (Å²) in [5.74, 6) is 1.91. The van der Waals surface area contributed by atoms with Gasteiger partial charge in [-0.05, 0) is 99.5 Å². The highest BCUT2D eigenvalue weighted by atomic mass is 35.5. The number of carbonyl (C=O) groups is 2. The summed E-state index contributed by atoms with van der Waals surface area (Å²) in [6.07, 6.45) is 8.44. The molecule has 4 aliphatic rings. The number of aromatic nitrogens is 1. The third kappa shape index (κ3) is 4.58. The van der Waals surface area contributed by atoms with E-state index in [0.717, 1.165) is 43.4 Å². The molecule has 3 atom stereocenters. The second kappa shape index (κ2) is 9.21. The van der Waals surface area contributed by atoms with Crippen molar-refractivity contribution >= 4 is 29.1 Å². The van der Waals surface area contributed by atoms with Crippen molar-refractivity contribution < 1.29 is 9.59 Å². The molecule has 4 aliphatic carbocycles. The normalized spacial score (nSPS) is 30.1. The summed E-state index contributed by atoms with van der Waals surface area (Å²) in [6.45, 7) is 4.30. The topological polar surface area (TPSA) is 97.1 Å². The van der Waals surface area contributed by atoms with Gasteiger partial charge in [-0.2, -0.15) is 0 Å². The van der Waals surface area contributed by atoms with Gasteiger partial charge in [-0.15, -0.1) is 0 Å². The van der Waals surface area contributed by atoms with Gasteiger partial charge in [0.25, 0.3) is 0 Å². The van der Waals surface area contributed by atoms with Gasteiger partial charge in [-0.25, -0.2) is 0 Å². The van der Waals surface area contributed by atoms with E-state index in [-0.39, 0.29) is 23.3 Å². The van der Waals surface area contributed by atoms with Gasteiger partial charge < -0.3 is 16.4 Å². The zero-order chi connectivity index (χ0) is 24.8. The molecule has 0 radical (unpaired) electrons. The van der Waals surface area contributed by atoms with Crippen molar-refractivity contribution in [3.8, 4) is 0 Å². The SMILES string of the molecule is CC(C)(C(=O)NCC(N)C1C2CC3CC1CC(C(=O)Nc1ccncc1)(C3)C2)c1ccc(Cl)cc1. The molecule has 1 aromatic carbocycles. The highest BCUT2D eigenvalue weighted by molar-refractivity contribution is 6.30. The van der Waals surface area contributed by atoms with E-state index in [9.17, 15) is 9.59 Å². The zero-order valence-corrected chi connectivity index (χ0v) is 21.2. The number of benzene rings is 1. The number of hydrogen-bond acceptors (Lipinski definition) is 4. The van der Waals surface area contributed by atoms with Gasteiger partial charge in [0.15, 0.2) is 0 Å². The highest BCUT2D eigenvalue weighted by Gasteiger charge is 2.59. The number of nitrogens with two attached hydrogens (primary N) is 1. The van der Waals surface area contributed by atoms with Crippen molar-refractivity contribution in [2.45, 2.75) is 57.4 Å². The average molecular weight is 495 g/mol. The maximum absolute atomic E-state index is 13.4. The summed E-state index contributed by atoms with van der Waals surface area (Å²) in [7, 11) is 0. The average Bonchev–Trinajstić information content (AvgIpc) is 2.82. The number of anilines is 1. The molecule has 1 heterocycles. The maximum Gasteiger partial charge on any atom is 0.230 e. The number of halogens is 1. The van der Waals surface area contributed by atoms with Crippen molar-refractivity contribution in [2.24, 2.45) is 34.8 Å². The molecule has 4 N–H and O–H groups in total. The van der Waals surface area contributed by atoms with E-state index >= 15 is 0 Å². The predicted molar refractivity (Wildman–Crippen MR) is 138 cm³/mol. The van der Waals surface area contributed by atoms with Gasteiger partial charge in [0.1, 0.15) is 0 Å². The van der Waals surface area contributed by atoms with Crippen LogP contribution in [-0.2, 0) is 15.0 Å². The Morgan fingerprint density at radius 2 is 1.71 bits per heavy atom. The third-order valence-corrected chi connectivity index (χ3v) is 9.14. The summed E-state index contributed by atoms with van der Waals surface area (Å²) in [5, 5.41) is 6.92. The number of pyridine rings is 1. The Labute approximate surface area is 212 Å². The Morgan fingerprint density at radius 1 is 1.09 bits per heavy atom. The fourth-order valence-electron chi connectivity index (χ4n) is 7.30. The summed E-state index contributed by atoms with van der Waals surface area (Å²) < 4.78 is 0. The Bertz CT molecular complexity index is 1070. The van der Waals surface area contributed by atoms with E-state index in [4.69, 9.17) is 17.3 Å². The molecule has 0 spiro atoms. The van der Waals surface area contributed by atoms with E-state index in [2.05, 4.69) is 15.6 Å². The molecule has 1 aromatic heterocycles. The fraction of sp³-hybridized carbons (Fsp3) is 0.536. The van der Waals surface area contributed by atoms with Crippen LogP contribution in [0.15, 0.2) is 48.8 Å². The van der Waals surface area contributed by atoms with Gasteiger partial charge >= 0.3 is 0 Å². The second-order valence-electron chi connectivity index (χ2n) is 11.5. The monoisotopic (exact) mass is 494 g/mol. The Kier molecular flexibility index (Phi) is 6.39. The maximum atomic E-state index is 13.4. The molecular weight excluding hydrogens is 460 g/mol. The molecule has 4 fully saturated rings. The predicted octanol–water partition coefficient (Wildman–Crippen LogP) is 4.54. The van der Waals surface area contributed by atoms with Crippen LogP contribution in [0.3, 0.4) is 0 Å². The first-order valence-corrected chi connectivity index (χ1v) is 13.1. The van der Waals surface area contributed by atoms with Crippen LogP contribution in [0.4, 0.5) is 5.69 Å². The molecule has 2 aromatic rings. The smallest absolute Gasteiger partial charge is 0.230 e. The van der Waals surface area contributed by atoms with Crippen molar-refractivity contribution in [3.05, 3.63) is 59.4 Å². The van der Waals surface area contributed by atoms with Crippen LogP contribution in [0.5, 0.6) is 0 Å². The summed E-state index contributed by atoms with van der Waals surface area (Å²) in [6, 6.07) is 11.0. The van der Waals surface area contributed by atoms with Crippen molar-refractivity contribution in [3.63, 3.8) is 0 Å². The Morgan fingerprint density at radius 3 is 2.34 bits per heavy atom. The zero-order valence-electron chi connectivity index (χ0n) is 20.5. The Hall–Kier alpha value is -2.44.